The molecule has 4 unspecified atom stereocenters. The molecular formula is C21H23ClN6O3S. The predicted octanol–water partition coefficient (Wildman–Crippen LogP) is 1.79. The molecule has 1 aliphatic rings. The van der Waals surface area contributed by atoms with E-state index in [1.807, 2.05) is 13.0 Å². The number of anilines is 1. The molecule has 1 amide bonds. The minimum Gasteiger partial charge on any atom is -0.390 e. The fourth-order valence-electron chi connectivity index (χ4n) is 3.81. The standard InChI is InChI=1S/C21H23ClN6O3S/c1-3-8-24-19-16-20(27-15(26-19)7-5-11-4-6-14(22)32-11)28(10-25-16)13-9-12(21(31)23-2)17(29)18(13)30/h4,6,10,12-13,17-18,29-30H,3,8-9H2,1-2H3,(H,23,31)(H,24,26,27). The van der Waals surface area contributed by atoms with Gasteiger partial charge in [0.1, 0.15) is 6.10 Å². The Balaban J connectivity index is 1.76. The molecule has 4 rings (SSSR count). The van der Waals surface area contributed by atoms with E-state index >= 15 is 0 Å². The van der Waals surface area contributed by atoms with Crippen molar-refractivity contribution in [3.05, 3.63) is 33.5 Å². The number of carbonyl (C=O) groups is 1. The number of hydrogen-bond acceptors (Lipinski definition) is 8. The summed E-state index contributed by atoms with van der Waals surface area (Å²) in [4.78, 5) is 26.5. The lowest BCUT2D eigenvalue weighted by atomic mass is 10.1. The van der Waals surface area contributed by atoms with Crippen molar-refractivity contribution in [1.82, 2.24) is 24.8 Å². The van der Waals surface area contributed by atoms with Crippen molar-refractivity contribution in [2.75, 3.05) is 18.9 Å². The molecule has 0 radical (unpaired) electrons. The van der Waals surface area contributed by atoms with Crippen LogP contribution in [0.5, 0.6) is 0 Å². The first-order valence-electron chi connectivity index (χ1n) is 10.3. The van der Waals surface area contributed by atoms with Gasteiger partial charge in [-0.3, -0.25) is 4.79 Å². The van der Waals surface area contributed by atoms with Gasteiger partial charge in [0.25, 0.3) is 0 Å². The van der Waals surface area contributed by atoms with Crippen LogP contribution in [0, 0.1) is 17.8 Å². The Morgan fingerprint density at radius 3 is 2.81 bits per heavy atom. The van der Waals surface area contributed by atoms with Crippen LogP contribution in [0.2, 0.25) is 4.34 Å². The van der Waals surface area contributed by atoms with E-state index in [2.05, 4.69) is 37.4 Å². The van der Waals surface area contributed by atoms with Gasteiger partial charge in [0.05, 0.1) is 33.6 Å². The van der Waals surface area contributed by atoms with Crippen molar-refractivity contribution in [1.29, 1.82) is 0 Å². The van der Waals surface area contributed by atoms with Crippen molar-refractivity contribution in [2.45, 2.75) is 38.0 Å². The van der Waals surface area contributed by atoms with Gasteiger partial charge in [-0.15, -0.1) is 11.3 Å². The van der Waals surface area contributed by atoms with Crippen molar-refractivity contribution in [3.63, 3.8) is 0 Å². The Labute approximate surface area is 193 Å². The monoisotopic (exact) mass is 474 g/mol. The highest BCUT2D eigenvalue weighted by Gasteiger charge is 2.46. The second-order valence-electron chi connectivity index (χ2n) is 7.51. The van der Waals surface area contributed by atoms with Gasteiger partial charge in [0.15, 0.2) is 17.0 Å². The summed E-state index contributed by atoms with van der Waals surface area (Å²) in [6, 6.07) is 3.04. The first-order valence-corrected chi connectivity index (χ1v) is 11.5. The van der Waals surface area contributed by atoms with Crippen LogP contribution in [-0.4, -0.2) is 61.4 Å². The lowest BCUT2D eigenvalue weighted by molar-refractivity contribution is -0.128. The summed E-state index contributed by atoms with van der Waals surface area (Å²) in [5.74, 6) is 5.78. The minimum atomic E-state index is -1.18. The highest BCUT2D eigenvalue weighted by Crippen LogP contribution is 2.37. The molecule has 1 fully saturated rings. The summed E-state index contributed by atoms with van der Waals surface area (Å²) in [5, 5.41) is 26.9. The summed E-state index contributed by atoms with van der Waals surface area (Å²) < 4.78 is 2.34. The molecule has 9 nitrogen and oxygen atoms in total. The molecule has 32 heavy (non-hydrogen) atoms. The normalized spacial score (nSPS) is 22.5. The summed E-state index contributed by atoms with van der Waals surface area (Å²) in [6.45, 7) is 2.73. The van der Waals surface area contributed by atoms with Crippen molar-refractivity contribution in [3.8, 4) is 11.8 Å². The smallest absolute Gasteiger partial charge is 0.225 e. The maximum Gasteiger partial charge on any atom is 0.225 e. The molecule has 0 bridgehead atoms. The van der Waals surface area contributed by atoms with E-state index in [1.54, 1.807) is 17.0 Å². The quantitative estimate of drug-likeness (QED) is 0.415. The molecule has 1 saturated carbocycles. The summed E-state index contributed by atoms with van der Waals surface area (Å²) >= 11 is 7.34. The predicted molar refractivity (Wildman–Crippen MR) is 123 cm³/mol. The number of fused-ring (bicyclic) bond motifs is 1. The highest BCUT2D eigenvalue weighted by molar-refractivity contribution is 7.16. The third-order valence-electron chi connectivity index (χ3n) is 5.43. The molecule has 1 aliphatic carbocycles. The van der Waals surface area contributed by atoms with Crippen LogP contribution in [0.4, 0.5) is 5.82 Å². The van der Waals surface area contributed by atoms with Crippen LogP contribution in [0.15, 0.2) is 18.5 Å². The Morgan fingerprint density at radius 1 is 1.31 bits per heavy atom. The van der Waals surface area contributed by atoms with E-state index in [4.69, 9.17) is 11.6 Å². The van der Waals surface area contributed by atoms with E-state index in [0.717, 1.165) is 11.3 Å². The Bertz CT molecular complexity index is 1200. The topological polar surface area (TPSA) is 125 Å². The number of carbonyl (C=O) groups excluding carboxylic acids is 1. The lowest BCUT2D eigenvalue weighted by Crippen LogP contribution is -2.36. The van der Waals surface area contributed by atoms with Gasteiger partial charge in [-0.2, -0.15) is 0 Å². The largest absolute Gasteiger partial charge is 0.390 e. The number of halogens is 1. The fraction of sp³-hybridized carbons (Fsp3) is 0.429. The van der Waals surface area contributed by atoms with E-state index in [9.17, 15) is 15.0 Å². The molecule has 3 aromatic heterocycles. The van der Waals surface area contributed by atoms with E-state index in [1.165, 1.54) is 18.4 Å². The zero-order chi connectivity index (χ0) is 22.8. The molecule has 3 heterocycles. The molecule has 168 valence electrons. The number of aliphatic hydroxyl groups is 2. The maximum atomic E-state index is 12.1. The average Bonchev–Trinajstić information content (AvgIpc) is 3.48. The SMILES string of the molecule is CCCNc1nc(C#Cc2ccc(Cl)s2)nc2c1ncn2C1CC(C(=O)NC)C(O)C1O. The van der Waals surface area contributed by atoms with Gasteiger partial charge >= 0.3 is 0 Å². The first kappa shape index (κ1) is 22.5. The molecule has 0 aliphatic heterocycles. The molecule has 3 aromatic rings. The molecule has 0 aromatic carbocycles. The van der Waals surface area contributed by atoms with Crippen LogP contribution in [-0.2, 0) is 4.79 Å². The van der Waals surface area contributed by atoms with E-state index < -0.39 is 24.2 Å². The van der Waals surface area contributed by atoms with Crippen LogP contribution >= 0.6 is 22.9 Å². The second-order valence-corrected chi connectivity index (χ2v) is 9.22. The zero-order valence-corrected chi connectivity index (χ0v) is 19.1. The maximum absolute atomic E-state index is 12.1. The van der Waals surface area contributed by atoms with Gasteiger partial charge in [-0.1, -0.05) is 18.5 Å². The highest BCUT2D eigenvalue weighted by atomic mass is 35.5. The minimum absolute atomic E-state index is 0.254. The number of imidazole rings is 1. The summed E-state index contributed by atoms with van der Waals surface area (Å²) in [7, 11) is 1.51. The lowest BCUT2D eigenvalue weighted by Gasteiger charge is -2.18. The molecule has 0 spiro atoms. The van der Waals surface area contributed by atoms with Crippen LogP contribution < -0.4 is 10.6 Å². The van der Waals surface area contributed by atoms with E-state index in [0.29, 0.717) is 33.7 Å². The summed E-state index contributed by atoms with van der Waals surface area (Å²) in [5.41, 5.74) is 1.01. The van der Waals surface area contributed by atoms with Crippen LogP contribution in [0.1, 0.15) is 36.5 Å². The second kappa shape index (κ2) is 9.42. The van der Waals surface area contributed by atoms with E-state index in [-0.39, 0.29) is 12.3 Å². The van der Waals surface area contributed by atoms with Gasteiger partial charge in [-0.25, -0.2) is 15.0 Å². The number of thiophene rings is 1. The number of hydrogen-bond donors (Lipinski definition) is 4. The Morgan fingerprint density at radius 2 is 2.12 bits per heavy atom. The number of amides is 1. The zero-order valence-electron chi connectivity index (χ0n) is 17.5. The van der Waals surface area contributed by atoms with Crippen LogP contribution in [0.3, 0.4) is 0 Å². The Kier molecular flexibility index (Phi) is 6.62. The average molecular weight is 475 g/mol. The molecule has 4 atom stereocenters. The molecule has 11 heteroatoms. The Hall–Kier alpha value is -2.71. The van der Waals surface area contributed by atoms with Gasteiger partial charge in [0, 0.05) is 13.6 Å². The fourth-order valence-corrected chi connectivity index (χ4v) is 4.71. The third kappa shape index (κ3) is 4.29. The van der Waals surface area contributed by atoms with Gasteiger partial charge < -0.3 is 25.4 Å². The number of aliphatic hydroxyl groups excluding tert-OH is 2. The molecular weight excluding hydrogens is 452 g/mol. The number of nitrogens with zero attached hydrogens (tertiary/aromatic N) is 4. The molecule has 4 N–H and O–H groups in total. The van der Waals surface area contributed by atoms with Crippen molar-refractivity contribution in [2.24, 2.45) is 5.92 Å². The van der Waals surface area contributed by atoms with Gasteiger partial charge in [0.2, 0.25) is 11.7 Å². The number of nitrogens with one attached hydrogen (secondary N) is 2. The molecule has 0 saturated heterocycles. The van der Waals surface area contributed by atoms with Crippen molar-refractivity contribution >= 4 is 45.8 Å². The first-order chi connectivity index (χ1) is 15.4. The number of aromatic nitrogens is 4. The van der Waals surface area contributed by atoms with Gasteiger partial charge in [-0.05, 0) is 36.8 Å². The number of rotatable bonds is 5. The summed E-state index contributed by atoms with van der Waals surface area (Å²) in [6.07, 6.45) is 0.380. The third-order valence-corrected chi connectivity index (χ3v) is 6.57. The van der Waals surface area contributed by atoms with Crippen molar-refractivity contribution < 1.29 is 15.0 Å². The van der Waals surface area contributed by atoms with Crippen LogP contribution in [0.25, 0.3) is 11.2 Å².